The molecule has 0 fully saturated rings. The Bertz CT molecular complexity index is 786. The van der Waals surface area contributed by atoms with Gasteiger partial charge in [0.2, 0.25) is 5.91 Å². The van der Waals surface area contributed by atoms with Crippen LogP contribution in [0.4, 0.5) is 5.00 Å². The summed E-state index contributed by atoms with van der Waals surface area (Å²) in [6, 6.07) is 1.81. The molecule has 5 nitrogen and oxygen atoms in total. The third-order valence-corrected chi connectivity index (χ3v) is 5.99. The van der Waals surface area contributed by atoms with Crippen LogP contribution in [0.5, 0.6) is 0 Å². The summed E-state index contributed by atoms with van der Waals surface area (Å²) >= 11 is 4.93. The van der Waals surface area contributed by atoms with Crippen LogP contribution >= 0.6 is 27.3 Å². The first kappa shape index (κ1) is 15.3. The van der Waals surface area contributed by atoms with Crippen molar-refractivity contribution in [2.75, 3.05) is 5.32 Å². The van der Waals surface area contributed by atoms with Crippen LogP contribution in [0.2, 0.25) is 0 Å². The van der Waals surface area contributed by atoms with E-state index >= 15 is 0 Å². The summed E-state index contributed by atoms with van der Waals surface area (Å²) in [5, 5.41) is 17.2. The molecule has 22 heavy (non-hydrogen) atoms. The minimum Gasteiger partial charge on any atom is -0.315 e. The van der Waals surface area contributed by atoms with Gasteiger partial charge in [-0.2, -0.15) is 10.4 Å². The highest BCUT2D eigenvalue weighted by atomic mass is 79.9. The van der Waals surface area contributed by atoms with E-state index in [-0.39, 0.29) is 5.91 Å². The number of hydrogen-bond donors (Lipinski definition) is 1. The Hall–Kier alpha value is -1.65. The number of amides is 1. The van der Waals surface area contributed by atoms with Gasteiger partial charge in [0, 0.05) is 4.88 Å². The van der Waals surface area contributed by atoms with Gasteiger partial charge in [-0.15, -0.1) is 11.3 Å². The second kappa shape index (κ2) is 5.86. The van der Waals surface area contributed by atoms with Gasteiger partial charge >= 0.3 is 0 Å². The minimum atomic E-state index is -0.435. The molecule has 1 amide bonds. The van der Waals surface area contributed by atoms with Crippen LogP contribution in [0.1, 0.15) is 41.1 Å². The average Bonchev–Trinajstić information content (AvgIpc) is 3.14. The predicted octanol–water partition coefficient (Wildman–Crippen LogP) is 3.58. The number of rotatable bonds is 3. The third kappa shape index (κ3) is 2.46. The van der Waals surface area contributed by atoms with Crippen LogP contribution in [0.25, 0.3) is 0 Å². The van der Waals surface area contributed by atoms with E-state index in [9.17, 15) is 10.1 Å². The summed E-state index contributed by atoms with van der Waals surface area (Å²) in [5.41, 5.74) is 2.65. The molecule has 0 aliphatic heterocycles. The molecule has 2 heterocycles. The largest absolute Gasteiger partial charge is 0.315 e. The van der Waals surface area contributed by atoms with Crippen molar-refractivity contribution in [3.8, 4) is 6.07 Å². The highest BCUT2D eigenvalue weighted by molar-refractivity contribution is 9.10. The molecule has 0 unspecified atom stereocenters. The molecule has 1 aliphatic carbocycles. The molecular formula is C15H15BrN4OS. The van der Waals surface area contributed by atoms with E-state index in [0.29, 0.717) is 10.6 Å². The quantitative estimate of drug-likeness (QED) is 0.886. The number of thiophene rings is 1. The van der Waals surface area contributed by atoms with Crippen LogP contribution in [-0.2, 0) is 17.6 Å². The number of carbonyl (C=O) groups excluding carboxylic acids is 1. The zero-order chi connectivity index (χ0) is 15.9. The number of nitriles is 1. The molecule has 0 radical (unpaired) electrons. The first-order valence-electron chi connectivity index (χ1n) is 7.08. The van der Waals surface area contributed by atoms with Crippen molar-refractivity contribution < 1.29 is 4.79 Å². The van der Waals surface area contributed by atoms with Crippen LogP contribution in [0.3, 0.4) is 0 Å². The van der Waals surface area contributed by atoms with Crippen molar-refractivity contribution in [2.24, 2.45) is 0 Å². The van der Waals surface area contributed by atoms with Gasteiger partial charge in [0.25, 0.3) is 0 Å². The van der Waals surface area contributed by atoms with E-state index in [2.05, 4.69) is 32.4 Å². The van der Waals surface area contributed by atoms with Crippen molar-refractivity contribution >= 4 is 38.2 Å². The number of nitrogens with one attached hydrogen (secondary N) is 1. The number of hydrogen-bond acceptors (Lipinski definition) is 4. The van der Waals surface area contributed by atoms with Crippen LogP contribution < -0.4 is 5.32 Å². The molecule has 0 bridgehead atoms. The molecular weight excluding hydrogens is 364 g/mol. The standard InChI is InChI=1S/C15H15BrN4OS/c1-8-12(16)7-18-20(8)9(2)14(21)19-15-11(6-17)10-4-3-5-13(10)22-15/h7,9H,3-5H2,1-2H3,(H,19,21)/t9-/m0/s1. The second-order valence-corrected chi connectivity index (χ2v) is 7.32. The molecule has 1 atom stereocenters. The lowest BCUT2D eigenvalue weighted by molar-refractivity contribution is -0.119. The maximum Gasteiger partial charge on any atom is 0.249 e. The molecule has 0 saturated heterocycles. The lowest BCUT2D eigenvalue weighted by Crippen LogP contribution is -2.25. The topological polar surface area (TPSA) is 70.7 Å². The van der Waals surface area contributed by atoms with Gasteiger partial charge in [-0.05, 0) is 54.6 Å². The van der Waals surface area contributed by atoms with E-state index in [1.165, 1.54) is 16.2 Å². The lowest BCUT2D eigenvalue weighted by Gasteiger charge is -2.14. The Kier molecular flexibility index (Phi) is 4.06. The van der Waals surface area contributed by atoms with Gasteiger partial charge in [0.1, 0.15) is 17.1 Å². The van der Waals surface area contributed by atoms with Crippen molar-refractivity contribution in [3.05, 3.63) is 32.4 Å². The van der Waals surface area contributed by atoms with Gasteiger partial charge in [-0.1, -0.05) is 0 Å². The molecule has 1 aliphatic rings. The Morgan fingerprint density at radius 3 is 3.00 bits per heavy atom. The first-order valence-corrected chi connectivity index (χ1v) is 8.69. The molecule has 3 rings (SSSR count). The van der Waals surface area contributed by atoms with Gasteiger partial charge < -0.3 is 5.32 Å². The smallest absolute Gasteiger partial charge is 0.249 e. The van der Waals surface area contributed by atoms with E-state index in [1.54, 1.807) is 17.8 Å². The van der Waals surface area contributed by atoms with Gasteiger partial charge in [0.15, 0.2) is 0 Å². The lowest BCUT2D eigenvalue weighted by atomic mass is 10.1. The SMILES string of the molecule is Cc1c(Br)cnn1[C@@H](C)C(=O)Nc1sc2c(c1C#N)CCC2. The third-order valence-electron chi connectivity index (χ3n) is 4.00. The zero-order valence-electron chi connectivity index (χ0n) is 12.3. The molecule has 0 spiro atoms. The first-order chi connectivity index (χ1) is 10.5. The number of aryl methyl sites for hydroxylation is 1. The monoisotopic (exact) mass is 378 g/mol. The number of aromatic nitrogens is 2. The summed E-state index contributed by atoms with van der Waals surface area (Å²) in [6.45, 7) is 3.70. The van der Waals surface area contributed by atoms with E-state index in [1.807, 2.05) is 6.92 Å². The zero-order valence-corrected chi connectivity index (χ0v) is 14.7. The van der Waals surface area contributed by atoms with Crippen molar-refractivity contribution in [3.63, 3.8) is 0 Å². The summed E-state index contributed by atoms with van der Waals surface area (Å²) in [4.78, 5) is 13.7. The van der Waals surface area contributed by atoms with Crippen LogP contribution in [-0.4, -0.2) is 15.7 Å². The van der Waals surface area contributed by atoms with Crippen LogP contribution in [0.15, 0.2) is 10.7 Å². The van der Waals surface area contributed by atoms with Gasteiger partial charge in [-0.3, -0.25) is 9.48 Å². The number of halogens is 1. The van der Waals surface area contributed by atoms with Crippen molar-refractivity contribution in [1.29, 1.82) is 5.26 Å². The predicted molar refractivity (Wildman–Crippen MR) is 89.1 cm³/mol. The molecule has 0 aromatic carbocycles. The fourth-order valence-corrected chi connectivity index (χ4v) is 4.25. The van der Waals surface area contributed by atoms with Crippen LogP contribution in [0, 0.1) is 18.3 Å². The van der Waals surface area contributed by atoms with E-state index < -0.39 is 6.04 Å². The minimum absolute atomic E-state index is 0.157. The van der Waals surface area contributed by atoms with E-state index in [4.69, 9.17) is 0 Å². The molecule has 1 N–H and O–H groups in total. The number of carbonyl (C=O) groups is 1. The summed E-state index contributed by atoms with van der Waals surface area (Å²) in [5.74, 6) is -0.157. The fourth-order valence-electron chi connectivity index (χ4n) is 2.73. The highest BCUT2D eigenvalue weighted by Gasteiger charge is 2.25. The Morgan fingerprint density at radius 1 is 1.59 bits per heavy atom. The van der Waals surface area contributed by atoms with Gasteiger partial charge in [0.05, 0.1) is 21.9 Å². The van der Waals surface area contributed by atoms with E-state index in [0.717, 1.165) is 35.0 Å². The van der Waals surface area contributed by atoms with Crippen molar-refractivity contribution in [1.82, 2.24) is 9.78 Å². The molecule has 2 aromatic heterocycles. The fraction of sp³-hybridized carbons (Fsp3) is 0.400. The van der Waals surface area contributed by atoms with Crippen molar-refractivity contribution in [2.45, 2.75) is 39.2 Å². The molecule has 2 aromatic rings. The maximum atomic E-state index is 12.5. The number of nitrogens with zero attached hydrogens (tertiary/aromatic N) is 3. The molecule has 0 saturated carbocycles. The normalized spacial score (nSPS) is 14.5. The molecule has 114 valence electrons. The van der Waals surface area contributed by atoms with Gasteiger partial charge in [-0.25, -0.2) is 0 Å². The Morgan fingerprint density at radius 2 is 2.36 bits per heavy atom. The maximum absolute atomic E-state index is 12.5. The number of fused-ring (bicyclic) bond motifs is 1. The Labute approximate surface area is 141 Å². The highest BCUT2D eigenvalue weighted by Crippen LogP contribution is 2.38. The summed E-state index contributed by atoms with van der Waals surface area (Å²) < 4.78 is 2.55. The summed E-state index contributed by atoms with van der Waals surface area (Å²) in [6.07, 6.45) is 4.72. The Balaban J connectivity index is 1.83. The number of anilines is 1. The second-order valence-electron chi connectivity index (χ2n) is 5.36. The molecule has 7 heteroatoms. The summed E-state index contributed by atoms with van der Waals surface area (Å²) in [7, 11) is 0. The average molecular weight is 379 g/mol.